The summed E-state index contributed by atoms with van der Waals surface area (Å²) in [5.41, 5.74) is 2.16. The van der Waals surface area contributed by atoms with Crippen molar-refractivity contribution in [2.45, 2.75) is 53.2 Å². The number of rotatable bonds is 10. The Morgan fingerprint density at radius 2 is 1.77 bits per heavy atom. The summed E-state index contributed by atoms with van der Waals surface area (Å²) in [4.78, 5) is 38.4. The largest absolute Gasteiger partial charge is 0.471 e. The number of amides is 1. The number of carbonyl (C=O) groups excluding carboxylic acids is 2. The van der Waals surface area contributed by atoms with Crippen LogP contribution in [0, 0.1) is 5.41 Å². The van der Waals surface area contributed by atoms with Crippen LogP contribution in [0.4, 0.5) is 5.95 Å². The summed E-state index contributed by atoms with van der Waals surface area (Å²) in [6, 6.07) is 16.6. The van der Waals surface area contributed by atoms with E-state index in [0.29, 0.717) is 23.3 Å². The van der Waals surface area contributed by atoms with E-state index >= 15 is 0 Å². The number of hydrogen-bond acceptors (Lipinski definition) is 7. The van der Waals surface area contributed by atoms with Crippen molar-refractivity contribution in [1.29, 1.82) is 0 Å². The first-order chi connectivity index (χ1) is 18.6. The molecule has 202 valence electrons. The van der Waals surface area contributed by atoms with Gasteiger partial charge in [0.25, 0.3) is 0 Å². The van der Waals surface area contributed by atoms with Crippen LogP contribution < -0.4 is 14.8 Å². The Kier molecular flexibility index (Phi) is 8.39. The fourth-order valence-corrected chi connectivity index (χ4v) is 3.74. The average molecular weight is 528 g/mol. The molecule has 0 bridgehead atoms. The first-order valence-electron chi connectivity index (χ1n) is 12.8. The van der Waals surface area contributed by atoms with Crippen LogP contribution in [0.2, 0.25) is 0 Å². The van der Waals surface area contributed by atoms with Gasteiger partial charge in [0, 0.05) is 6.04 Å². The molecule has 2 aromatic heterocycles. The van der Waals surface area contributed by atoms with Gasteiger partial charge < -0.3 is 14.0 Å². The van der Waals surface area contributed by atoms with Crippen LogP contribution in [0.5, 0.6) is 11.6 Å². The van der Waals surface area contributed by atoms with Crippen LogP contribution in [0.3, 0.4) is 0 Å². The highest BCUT2D eigenvalue weighted by Crippen LogP contribution is 2.27. The molecule has 0 aliphatic heterocycles. The zero-order chi connectivity index (χ0) is 28.0. The maximum atomic E-state index is 12.7. The van der Waals surface area contributed by atoms with Gasteiger partial charge >= 0.3 is 5.97 Å². The summed E-state index contributed by atoms with van der Waals surface area (Å²) in [6.45, 7) is 11.5. The number of allylic oxidation sites excluding steroid dienone is 1. The Morgan fingerprint density at radius 1 is 1.05 bits per heavy atom. The zero-order valence-corrected chi connectivity index (χ0v) is 22.7. The predicted octanol–water partition coefficient (Wildman–Crippen LogP) is 5.68. The number of fused-ring (bicyclic) bond motifs is 1. The molecular formula is C30H33N5O4. The van der Waals surface area contributed by atoms with Gasteiger partial charge in [0.2, 0.25) is 17.7 Å². The molecule has 0 aliphatic carbocycles. The molecule has 0 saturated heterocycles. The van der Waals surface area contributed by atoms with E-state index in [1.54, 1.807) is 39.2 Å². The van der Waals surface area contributed by atoms with E-state index in [2.05, 4.69) is 26.8 Å². The second-order valence-corrected chi connectivity index (χ2v) is 10.3. The third-order valence-corrected chi connectivity index (χ3v) is 5.95. The number of aromatic nitrogens is 4. The van der Waals surface area contributed by atoms with E-state index in [-0.39, 0.29) is 42.8 Å². The second-order valence-electron chi connectivity index (χ2n) is 10.3. The highest BCUT2D eigenvalue weighted by molar-refractivity contribution is 5.91. The van der Waals surface area contributed by atoms with E-state index in [1.807, 2.05) is 60.0 Å². The molecule has 0 unspecified atom stereocenters. The Balaban J connectivity index is 1.55. The van der Waals surface area contributed by atoms with E-state index in [4.69, 9.17) is 9.47 Å². The highest BCUT2D eigenvalue weighted by atomic mass is 16.5. The third-order valence-electron chi connectivity index (χ3n) is 5.95. The van der Waals surface area contributed by atoms with Gasteiger partial charge in [0.05, 0.1) is 18.2 Å². The van der Waals surface area contributed by atoms with Crippen molar-refractivity contribution < 1.29 is 19.1 Å². The minimum absolute atomic E-state index is 0.0477. The van der Waals surface area contributed by atoms with Crippen molar-refractivity contribution in [3.8, 4) is 11.6 Å². The summed E-state index contributed by atoms with van der Waals surface area (Å²) in [5.74, 6) is 0.301. The Bertz CT molecular complexity index is 1460. The lowest BCUT2D eigenvalue weighted by atomic mass is 9.97. The summed E-state index contributed by atoms with van der Waals surface area (Å²) in [5, 5.41) is 2.80. The number of ether oxygens (including phenoxy) is 2. The fraction of sp³-hybridized carbons (Fsp3) is 0.300. The first kappa shape index (κ1) is 27.5. The number of nitrogens with one attached hydrogen (secondary N) is 1. The van der Waals surface area contributed by atoms with Crippen LogP contribution in [0.25, 0.3) is 11.2 Å². The van der Waals surface area contributed by atoms with Crippen LogP contribution in [-0.2, 0) is 22.6 Å². The molecule has 9 nitrogen and oxygen atoms in total. The SMILES string of the molecule is C=CC[C@@H](C)n1cnc2c(OCc3ccc(OC(=O)C(C)(C)C)cc3)nc(NC(=O)Cc3ccccc3)nc21. The van der Waals surface area contributed by atoms with Crippen molar-refractivity contribution in [2.24, 2.45) is 5.41 Å². The molecule has 1 N–H and O–H groups in total. The van der Waals surface area contributed by atoms with Crippen molar-refractivity contribution in [2.75, 3.05) is 5.32 Å². The van der Waals surface area contributed by atoms with Gasteiger partial charge in [-0.2, -0.15) is 9.97 Å². The predicted molar refractivity (Wildman–Crippen MR) is 149 cm³/mol. The van der Waals surface area contributed by atoms with E-state index in [1.165, 1.54) is 0 Å². The molecular weight excluding hydrogens is 494 g/mol. The molecule has 4 aromatic rings. The lowest BCUT2D eigenvalue weighted by Crippen LogP contribution is -2.25. The minimum Gasteiger partial charge on any atom is -0.471 e. The van der Waals surface area contributed by atoms with Gasteiger partial charge in [-0.25, -0.2) is 4.98 Å². The van der Waals surface area contributed by atoms with Crippen molar-refractivity contribution in [1.82, 2.24) is 19.5 Å². The van der Waals surface area contributed by atoms with Crippen LogP contribution >= 0.6 is 0 Å². The van der Waals surface area contributed by atoms with Crippen molar-refractivity contribution in [3.05, 3.63) is 84.7 Å². The monoisotopic (exact) mass is 527 g/mol. The number of benzene rings is 2. The molecule has 1 amide bonds. The maximum Gasteiger partial charge on any atom is 0.316 e. The molecule has 0 radical (unpaired) electrons. The number of imidazole rings is 1. The molecule has 0 spiro atoms. The Hall–Kier alpha value is -4.53. The molecule has 4 rings (SSSR count). The van der Waals surface area contributed by atoms with E-state index < -0.39 is 5.41 Å². The summed E-state index contributed by atoms with van der Waals surface area (Å²) in [6.07, 6.45) is 4.43. The molecule has 1 atom stereocenters. The van der Waals surface area contributed by atoms with Gasteiger partial charge in [-0.05, 0) is 57.4 Å². The lowest BCUT2D eigenvalue weighted by molar-refractivity contribution is -0.143. The van der Waals surface area contributed by atoms with Gasteiger partial charge in [0.15, 0.2) is 11.2 Å². The molecule has 2 heterocycles. The van der Waals surface area contributed by atoms with Gasteiger partial charge in [-0.3, -0.25) is 14.9 Å². The quantitative estimate of drug-likeness (QED) is 0.161. The fourth-order valence-electron chi connectivity index (χ4n) is 3.74. The first-order valence-corrected chi connectivity index (χ1v) is 12.8. The third kappa shape index (κ3) is 7.07. The Morgan fingerprint density at radius 3 is 2.44 bits per heavy atom. The highest BCUT2D eigenvalue weighted by Gasteiger charge is 2.24. The summed E-state index contributed by atoms with van der Waals surface area (Å²) in [7, 11) is 0. The van der Waals surface area contributed by atoms with Gasteiger partial charge in [-0.1, -0.05) is 48.5 Å². The van der Waals surface area contributed by atoms with Crippen LogP contribution in [-0.4, -0.2) is 31.4 Å². The molecule has 0 saturated carbocycles. The molecule has 0 fully saturated rings. The normalized spacial score (nSPS) is 12.1. The van der Waals surface area contributed by atoms with Crippen LogP contribution in [0.1, 0.15) is 51.3 Å². The molecule has 9 heteroatoms. The van der Waals surface area contributed by atoms with Crippen LogP contribution in [0.15, 0.2) is 73.6 Å². The van der Waals surface area contributed by atoms with Gasteiger partial charge in [-0.15, -0.1) is 6.58 Å². The second kappa shape index (κ2) is 11.9. The Labute approximate surface area is 227 Å². The number of anilines is 1. The van der Waals surface area contributed by atoms with E-state index in [9.17, 15) is 9.59 Å². The summed E-state index contributed by atoms with van der Waals surface area (Å²) < 4.78 is 13.4. The topological polar surface area (TPSA) is 108 Å². The standard InChI is InChI=1S/C30H33N5O4/c1-6-10-20(2)35-19-31-25-26(35)33-29(32-24(36)17-21-11-8-7-9-12-21)34-27(25)38-18-22-13-15-23(16-14-22)39-28(37)30(3,4)5/h6-9,11-16,19-20H,1,10,17-18H2,2-5H3,(H,32,33,34,36)/t20-/m1/s1. The summed E-state index contributed by atoms with van der Waals surface area (Å²) >= 11 is 0. The number of esters is 1. The van der Waals surface area contributed by atoms with Crippen molar-refractivity contribution in [3.63, 3.8) is 0 Å². The minimum atomic E-state index is -0.596. The molecule has 2 aromatic carbocycles. The smallest absolute Gasteiger partial charge is 0.316 e. The van der Waals surface area contributed by atoms with E-state index in [0.717, 1.165) is 11.1 Å². The van der Waals surface area contributed by atoms with Gasteiger partial charge in [0.1, 0.15) is 12.4 Å². The van der Waals surface area contributed by atoms with Crippen molar-refractivity contribution >= 4 is 29.0 Å². The average Bonchev–Trinajstić information content (AvgIpc) is 3.32. The zero-order valence-electron chi connectivity index (χ0n) is 22.7. The molecule has 0 aliphatic rings. The maximum absolute atomic E-state index is 12.7. The number of carbonyl (C=O) groups is 2. The number of nitrogens with zero attached hydrogens (tertiary/aromatic N) is 4. The number of hydrogen-bond donors (Lipinski definition) is 1. The molecule has 39 heavy (non-hydrogen) atoms. The lowest BCUT2D eigenvalue weighted by Gasteiger charge is -2.16.